The van der Waals surface area contributed by atoms with Crippen molar-refractivity contribution in [3.8, 4) is 0 Å². The van der Waals surface area contributed by atoms with Crippen LogP contribution in [0.15, 0.2) is 60.0 Å². The third-order valence-electron chi connectivity index (χ3n) is 5.25. The lowest BCUT2D eigenvalue weighted by Crippen LogP contribution is -2.38. The molecule has 1 saturated heterocycles. The first-order valence-electron chi connectivity index (χ1n) is 10.1. The van der Waals surface area contributed by atoms with Crippen molar-refractivity contribution in [1.82, 2.24) is 24.1 Å². The molecule has 1 fully saturated rings. The van der Waals surface area contributed by atoms with Crippen molar-refractivity contribution in [2.24, 2.45) is 0 Å². The molecule has 7 nitrogen and oxygen atoms in total. The number of pyridine rings is 1. The molecule has 4 aromatic rings. The normalized spacial score (nSPS) is 14.5. The van der Waals surface area contributed by atoms with Gasteiger partial charge in [-0.25, -0.2) is 4.98 Å². The second-order valence-corrected chi connectivity index (χ2v) is 8.34. The van der Waals surface area contributed by atoms with E-state index in [1.807, 2.05) is 18.3 Å². The molecule has 4 heterocycles. The Morgan fingerprint density at radius 3 is 2.67 bits per heavy atom. The van der Waals surface area contributed by atoms with Crippen LogP contribution in [0.1, 0.15) is 16.8 Å². The fraction of sp³-hybridized carbons (Fsp3) is 0.318. The molecule has 0 N–H and O–H groups in total. The summed E-state index contributed by atoms with van der Waals surface area (Å²) in [6, 6.07) is 14.6. The van der Waals surface area contributed by atoms with Gasteiger partial charge in [0.15, 0.2) is 5.16 Å². The van der Waals surface area contributed by atoms with Gasteiger partial charge in [-0.3, -0.25) is 4.57 Å². The van der Waals surface area contributed by atoms with Crippen LogP contribution in [-0.4, -0.2) is 50.5 Å². The number of ether oxygens (including phenoxy) is 1. The van der Waals surface area contributed by atoms with Crippen LogP contribution in [0, 0.1) is 6.92 Å². The lowest BCUT2D eigenvalue weighted by atomic mass is 10.2. The maximum atomic E-state index is 5.52. The molecule has 0 saturated carbocycles. The number of thioether (sulfide) groups is 1. The molecule has 1 aliphatic rings. The lowest BCUT2D eigenvalue weighted by Gasteiger charge is -2.28. The van der Waals surface area contributed by atoms with Crippen LogP contribution in [0.25, 0.3) is 5.65 Å². The second kappa shape index (κ2) is 8.49. The van der Waals surface area contributed by atoms with Crippen molar-refractivity contribution < 1.29 is 4.74 Å². The molecule has 0 bridgehead atoms. The van der Waals surface area contributed by atoms with Crippen molar-refractivity contribution >= 4 is 23.4 Å². The molecule has 0 unspecified atom stereocenters. The van der Waals surface area contributed by atoms with E-state index in [9.17, 15) is 0 Å². The van der Waals surface area contributed by atoms with Crippen LogP contribution < -0.4 is 4.90 Å². The number of morpholine rings is 1. The minimum atomic E-state index is 0.723. The monoisotopic (exact) mass is 420 g/mol. The first-order valence-corrected chi connectivity index (χ1v) is 11.1. The number of hydrogen-bond donors (Lipinski definition) is 0. The van der Waals surface area contributed by atoms with Gasteiger partial charge >= 0.3 is 0 Å². The van der Waals surface area contributed by atoms with E-state index in [0.717, 1.165) is 61.0 Å². The third-order valence-corrected chi connectivity index (χ3v) is 6.25. The summed E-state index contributed by atoms with van der Waals surface area (Å²) in [5.74, 6) is 1.66. The van der Waals surface area contributed by atoms with Gasteiger partial charge in [-0.15, -0.1) is 10.2 Å². The van der Waals surface area contributed by atoms with Gasteiger partial charge in [0.25, 0.3) is 0 Å². The number of fused-ring (bicyclic) bond motifs is 1. The Morgan fingerprint density at radius 2 is 1.87 bits per heavy atom. The number of anilines is 1. The van der Waals surface area contributed by atoms with Crippen molar-refractivity contribution in [2.45, 2.75) is 24.4 Å². The zero-order chi connectivity index (χ0) is 20.3. The van der Waals surface area contributed by atoms with E-state index in [-0.39, 0.29) is 0 Å². The Morgan fingerprint density at radius 1 is 1.03 bits per heavy atom. The molecule has 0 aliphatic carbocycles. The van der Waals surface area contributed by atoms with Gasteiger partial charge in [0.1, 0.15) is 5.65 Å². The maximum Gasteiger partial charge on any atom is 0.228 e. The molecular weight excluding hydrogens is 396 g/mol. The zero-order valence-electron chi connectivity index (χ0n) is 16.9. The average Bonchev–Trinajstić information content (AvgIpc) is 3.38. The molecule has 0 atom stereocenters. The highest BCUT2D eigenvalue weighted by molar-refractivity contribution is 7.98. The molecule has 8 heteroatoms. The van der Waals surface area contributed by atoms with E-state index in [0.29, 0.717) is 0 Å². The summed E-state index contributed by atoms with van der Waals surface area (Å²) in [6.45, 7) is 5.95. The molecule has 0 spiro atoms. The van der Waals surface area contributed by atoms with Crippen LogP contribution in [0.5, 0.6) is 0 Å². The van der Waals surface area contributed by atoms with E-state index in [1.54, 1.807) is 11.8 Å². The number of nitrogens with zero attached hydrogens (tertiary/aromatic N) is 6. The van der Waals surface area contributed by atoms with Gasteiger partial charge in [-0.05, 0) is 24.1 Å². The van der Waals surface area contributed by atoms with Crippen molar-refractivity contribution in [2.75, 3.05) is 31.2 Å². The fourth-order valence-electron chi connectivity index (χ4n) is 3.70. The highest BCUT2D eigenvalue weighted by Crippen LogP contribution is 2.27. The number of aryl methyl sites for hydroxylation is 1. The first kappa shape index (κ1) is 19.1. The molecule has 1 aromatic carbocycles. The summed E-state index contributed by atoms with van der Waals surface area (Å²) >= 11 is 1.68. The van der Waals surface area contributed by atoms with Crippen LogP contribution in [0.3, 0.4) is 0 Å². The Labute approximate surface area is 179 Å². The molecular formula is C22H24N6OS. The SMILES string of the molecule is Cc1cccn2cc(CSc3nnc(N4CCOCC4)n3Cc3ccccc3)nc12. The van der Waals surface area contributed by atoms with E-state index in [4.69, 9.17) is 9.72 Å². The van der Waals surface area contributed by atoms with Gasteiger partial charge in [-0.2, -0.15) is 0 Å². The van der Waals surface area contributed by atoms with E-state index in [1.165, 1.54) is 11.1 Å². The van der Waals surface area contributed by atoms with Gasteiger partial charge in [0.2, 0.25) is 5.95 Å². The standard InChI is InChI=1S/C22H24N6OS/c1-17-6-5-9-27-15-19(23-20(17)27)16-30-22-25-24-21(26-10-12-29-13-11-26)28(22)14-18-7-3-2-4-8-18/h2-9,15H,10-14,16H2,1H3. The third kappa shape index (κ3) is 3.93. The highest BCUT2D eigenvalue weighted by Gasteiger charge is 2.21. The average molecular weight is 421 g/mol. The smallest absolute Gasteiger partial charge is 0.228 e. The summed E-state index contributed by atoms with van der Waals surface area (Å²) in [6.07, 6.45) is 4.13. The van der Waals surface area contributed by atoms with Crippen LogP contribution in [0.4, 0.5) is 5.95 Å². The molecule has 0 radical (unpaired) electrons. The number of imidazole rings is 1. The summed E-state index contributed by atoms with van der Waals surface area (Å²) < 4.78 is 9.81. The van der Waals surface area contributed by atoms with Crippen molar-refractivity contribution in [3.05, 3.63) is 71.7 Å². The fourth-order valence-corrected chi connectivity index (χ4v) is 4.52. The highest BCUT2D eigenvalue weighted by atomic mass is 32.2. The minimum Gasteiger partial charge on any atom is -0.378 e. The van der Waals surface area contributed by atoms with Gasteiger partial charge in [-0.1, -0.05) is 48.2 Å². The quantitative estimate of drug-likeness (QED) is 0.446. The Bertz CT molecular complexity index is 1130. The van der Waals surface area contributed by atoms with Gasteiger partial charge in [0, 0.05) is 31.2 Å². The second-order valence-electron chi connectivity index (χ2n) is 7.40. The number of aromatic nitrogens is 5. The van der Waals surface area contributed by atoms with Crippen LogP contribution >= 0.6 is 11.8 Å². The van der Waals surface area contributed by atoms with Crippen molar-refractivity contribution in [3.63, 3.8) is 0 Å². The number of hydrogen-bond acceptors (Lipinski definition) is 6. The topological polar surface area (TPSA) is 60.5 Å². The molecule has 3 aromatic heterocycles. The Kier molecular flexibility index (Phi) is 5.42. The predicted molar refractivity (Wildman–Crippen MR) is 118 cm³/mol. The summed E-state index contributed by atoms with van der Waals surface area (Å²) in [4.78, 5) is 7.06. The van der Waals surface area contributed by atoms with E-state index in [2.05, 4.69) is 67.5 Å². The van der Waals surface area contributed by atoms with Crippen LogP contribution in [0.2, 0.25) is 0 Å². The van der Waals surface area contributed by atoms with E-state index < -0.39 is 0 Å². The summed E-state index contributed by atoms with van der Waals surface area (Å²) in [5, 5.41) is 9.99. The molecule has 1 aliphatic heterocycles. The van der Waals surface area contributed by atoms with Crippen LogP contribution in [-0.2, 0) is 17.0 Å². The number of rotatable bonds is 6. The molecule has 30 heavy (non-hydrogen) atoms. The zero-order valence-corrected chi connectivity index (χ0v) is 17.8. The Hall–Kier alpha value is -2.84. The van der Waals surface area contributed by atoms with Gasteiger partial charge in [0.05, 0.1) is 25.5 Å². The Balaban J connectivity index is 1.41. The van der Waals surface area contributed by atoms with Crippen molar-refractivity contribution in [1.29, 1.82) is 0 Å². The predicted octanol–water partition coefficient (Wildman–Crippen LogP) is 3.41. The van der Waals surface area contributed by atoms with E-state index >= 15 is 0 Å². The summed E-state index contributed by atoms with van der Waals surface area (Å²) in [5.41, 5.74) is 4.46. The molecule has 5 rings (SSSR count). The minimum absolute atomic E-state index is 0.723. The number of benzene rings is 1. The lowest BCUT2D eigenvalue weighted by molar-refractivity contribution is 0.121. The van der Waals surface area contributed by atoms with Gasteiger partial charge < -0.3 is 14.0 Å². The molecule has 154 valence electrons. The largest absolute Gasteiger partial charge is 0.378 e. The first-order chi connectivity index (χ1) is 14.8. The summed E-state index contributed by atoms with van der Waals surface area (Å²) in [7, 11) is 0. The maximum absolute atomic E-state index is 5.52. The molecule has 0 amide bonds.